The van der Waals surface area contributed by atoms with Crippen LogP contribution in [0.3, 0.4) is 0 Å². The third-order valence-corrected chi connectivity index (χ3v) is 3.94. The number of hydrogen-bond acceptors (Lipinski definition) is 3. The average molecular weight is 238 g/mol. The lowest BCUT2D eigenvalue weighted by atomic mass is 9.83. The Kier molecular flexibility index (Phi) is 7.23. The molecule has 0 bridgehead atoms. The maximum absolute atomic E-state index is 8.73. The van der Waals surface area contributed by atoms with Crippen molar-refractivity contribution in [3.05, 3.63) is 0 Å². The Balaban J connectivity index is 2.45. The molecule has 0 aromatic carbocycles. The van der Waals surface area contributed by atoms with Crippen molar-refractivity contribution in [2.45, 2.75) is 51.5 Å². The van der Waals surface area contributed by atoms with Gasteiger partial charge in [-0.3, -0.25) is 4.90 Å². The fraction of sp³-hybridized carbons (Fsp3) is 0.929. The van der Waals surface area contributed by atoms with Crippen LogP contribution in [0.15, 0.2) is 0 Å². The molecule has 17 heavy (non-hydrogen) atoms. The standard InChI is InChI=1S/C14H26N2O/c1-3-13-6-4-7-14(12-13)16(9-5-8-15)10-11-17-2/h13-14H,3-7,9-12H2,1-2H3. The zero-order chi connectivity index (χ0) is 12.5. The third-order valence-electron chi connectivity index (χ3n) is 3.94. The molecule has 3 heteroatoms. The third kappa shape index (κ3) is 5.06. The van der Waals surface area contributed by atoms with Crippen molar-refractivity contribution in [1.29, 1.82) is 5.26 Å². The smallest absolute Gasteiger partial charge is 0.0635 e. The summed E-state index contributed by atoms with van der Waals surface area (Å²) in [5, 5.41) is 8.73. The highest BCUT2D eigenvalue weighted by Gasteiger charge is 2.25. The summed E-state index contributed by atoms with van der Waals surface area (Å²) in [6.07, 6.45) is 7.28. The van der Waals surface area contributed by atoms with E-state index in [1.165, 1.54) is 32.1 Å². The Morgan fingerprint density at radius 1 is 1.35 bits per heavy atom. The number of nitriles is 1. The van der Waals surface area contributed by atoms with Gasteiger partial charge in [0.2, 0.25) is 0 Å². The molecule has 2 atom stereocenters. The molecule has 0 heterocycles. The number of rotatable bonds is 7. The van der Waals surface area contributed by atoms with E-state index in [0.29, 0.717) is 12.5 Å². The summed E-state index contributed by atoms with van der Waals surface area (Å²) >= 11 is 0. The molecule has 1 saturated carbocycles. The van der Waals surface area contributed by atoms with E-state index in [4.69, 9.17) is 10.00 Å². The Hall–Kier alpha value is -0.590. The molecule has 0 aliphatic heterocycles. The summed E-state index contributed by atoms with van der Waals surface area (Å²) < 4.78 is 5.17. The lowest BCUT2D eigenvalue weighted by molar-refractivity contribution is 0.0898. The molecular weight excluding hydrogens is 212 g/mol. The Morgan fingerprint density at radius 2 is 2.18 bits per heavy atom. The Bertz CT molecular complexity index is 237. The second kappa shape index (κ2) is 8.49. The highest BCUT2D eigenvalue weighted by molar-refractivity contribution is 4.82. The van der Waals surface area contributed by atoms with Crippen molar-refractivity contribution in [3.8, 4) is 6.07 Å². The summed E-state index contributed by atoms with van der Waals surface area (Å²) in [5.74, 6) is 0.890. The van der Waals surface area contributed by atoms with Crippen LogP contribution in [-0.4, -0.2) is 37.7 Å². The van der Waals surface area contributed by atoms with Crippen LogP contribution < -0.4 is 0 Å². The van der Waals surface area contributed by atoms with Gasteiger partial charge in [-0.1, -0.05) is 26.2 Å². The summed E-state index contributed by atoms with van der Waals surface area (Å²) in [5.41, 5.74) is 0. The molecule has 1 fully saturated rings. The van der Waals surface area contributed by atoms with Crippen molar-refractivity contribution >= 4 is 0 Å². The predicted molar refractivity (Wildman–Crippen MR) is 69.7 cm³/mol. The molecule has 0 aromatic rings. The molecule has 0 radical (unpaired) electrons. The Labute approximate surface area is 106 Å². The van der Waals surface area contributed by atoms with E-state index in [-0.39, 0.29) is 0 Å². The van der Waals surface area contributed by atoms with E-state index in [1.807, 2.05) is 0 Å². The summed E-state index contributed by atoms with van der Waals surface area (Å²) in [6, 6.07) is 2.93. The van der Waals surface area contributed by atoms with E-state index >= 15 is 0 Å². The zero-order valence-electron chi connectivity index (χ0n) is 11.3. The van der Waals surface area contributed by atoms with E-state index in [9.17, 15) is 0 Å². The molecule has 3 nitrogen and oxygen atoms in total. The van der Waals surface area contributed by atoms with Gasteiger partial charge in [-0.05, 0) is 18.8 Å². The molecule has 0 aromatic heterocycles. The normalized spacial score (nSPS) is 24.8. The van der Waals surface area contributed by atoms with Gasteiger partial charge in [-0.2, -0.15) is 5.26 Å². The maximum Gasteiger partial charge on any atom is 0.0635 e. The average Bonchev–Trinajstić information content (AvgIpc) is 2.39. The number of nitrogens with zero attached hydrogens (tertiary/aromatic N) is 2. The second-order valence-electron chi connectivity index (χ2n) is 5.03. The van der Waals surface area contributed by atoms with E-state index < -0.39 is 0 Å². The van der Waals surface area contributed by atoms with Crippen molar-refractivity contribution in [3.63, 3.8) is 0 Å². The summed E-state index contributed by atoms with van der Waals surface area (Å²) in [6.45, 7) is 4.95. The Morgan fingerprint density at radius 3 is 2.82 bits per heavy atom. The fourth-order valence-electron chi connectivity index (χ4n) is 2.84. The van der Waals surface area contributed by atoms with E-state index in [2.05, 4.69) is 17.9 Å². The van der Waals surface area contributed by atoms with Gasteiger partial charge in [0.05, 0.1) is 12.7 Å². The van der Waals surface area contributed by atoms with Gasteiger partial charge in [0, 0.05) is 32.7 Å². The largest absolute Gasteiger partial charge is 0.383 e. The SMILES string of the molecule is CCC1CCCC(N(CCC#N)CCOC)C1. The molecular formula is C14H26N2O. The van der Waals surface area contributed by atoms with Crippen molar-refractivity contribution in [1.82, 2.24) is 4.90 Å². The highest BCUT2D eigenvalue weighted by Crippen LogP contribution is 2.29. The lowest BCUT2D eigenvalue weighted by Crippen LogP contribution is -2.41. The first kappa shape index (κ1) is 14.5. The topological polar surface area (TPSA) is 36.3 Å². The van der Waals surface area contributed by atoms with Crippen LogP contribution in [0.5, 0.6) is 0 Å². The van der Waals surface area contributed by atoms with Crippen LogP contribution in [0.1, 0.15) is 45.4 Å². The molecule has 0 saturated heterocycles. The highest BCUT2D eigenvalue weighted by atomic mass is 16.5. The molecule has 2 unspecified atom stereocenters. The molecule has 98 valence electrons. The quantitative estimate of drug-likeness (QED) is 0.684. The van der Waals surface area contributed by atoms with Crippen LogP contribution in [0.25, 0.3) is 0 Å². The fourth-order valence-corrected chi connectivity index (χ4v) is 2.84. The molecule has 1 rings (SSSR count). The van der Waals surface area contributed by atoms with Gasteiger partial charge in [0.15, 0.2) is 0 Å². The lowest BCUT2D eigenvalue weighted by Gasteiger charge is -2.37. The number of hydrogen-bond donors (Lipinski definition) is 0. The van der Waals surface area contributed by atoms with Gasteiger partial charge in [-0.25, -0.2) is 0 Å². The summed E-state index contributed by atoms with van der Waals surface area (Å²) in [4.78, 5) is 2.47. The first-order valence-electron chi connectivity index (χ1n) is 6.91. The van der Waals surface area contributed by atoms with Gasteiger partial charge in [0.25, 0.3) is 0 Å². The summed E-state index contributed by atoms with van der Waals surface area (Å²) in [7, 11) is 1.75. The molecule has 1 aliphatic rings. The first-order chi connectivity index (χ1) is 8.31. The van der Waals surface area contributed by atoms with Crippen molar-refractivity contribution < 1.29 is 4.74 Å². The van der Waals surface area contributed by atoms with Crippen LogP contribution in [0.4, 0.5) is 0 Å². The van der Waals surface area contributed by atoms with E-state index in [1.54, 1.807) is 7.11 Å². The van der Waals surface area contributed by atoms with E-state index in [0.717, 1.165) is 25.6 Å². The van der Waals surface area contributed by atoms with Crippen molar-refractivity contribution in [2.24, 2.45) is 5.92 Å². The molecule has 1 aliphatic carbocycles. The van der Waals surface area contributed by atoms with Gasteiger partial charge >= 0.3 is 0 Å². The van der Waals surface area contributed by atoms with Crippen LogP contribution in [0, 0.1) is 17.2 Å². The molecule has 0 amide bonds. The van der Waals surface area contributed by atoms with Crippen LogP contribution >= 0.6 is 0 Å². The maximum atomic E-state index is 8.73. The minimum Gasteiger partial charge on any atom is -0.383 e. The minimum absolute atomic E-state index is 0.636. The monoisotopic (exact) mass is 238 g/mol. The van der Waals surface area contributed by atoms with Crippen LogP contribution in [-0.2, 0) is 4.74 Å². The van der Waals surface area contributed by atoms with Crippen molar-refractivity contribution in [2.75, 3.05) is 26.8 Å². The minimum atomic E-state index is 0.636. The number of ether oxygens (including phenoxy) is 1. The first-order valence-corrected chi connectivity index (χ1v) is 6.91. The second-order valence-corrected chi connectivity index (χ2v) is 5.03. The predicted octanol–water partition coefficient (Wildman–Crippen LogP) is 2.82. The number of methoxy groups -OCH3 is 1. The zero-order valence-corrected chi connectivity index (χ0v) is 11.3. The van der Waals surface area contributed by atoms with Crippen LogP contribution in [0.2, 0.25) is 0 Å². The van der Waals surface area contributed by atoms with Gasteiger partial charge in [0.1, 0.15) is 0 Å². The molecule has 0 N–H and O–H groups in total. The molecule has 0 spiro atoms. The van der Waals surface area contributed by atoms with Gasteiger partial charge < -0.3 is 4.74 Å². The van der Waals surface area contributed by atoms with Gasteiger partial charge in [-0.15, -0.1) is 0 Å².